The Hall–Kier alpha value is -3.22. The van der Waals surface area contributed by atoms with Crippen LogP contribution in [-0.4, -0.2) is 56.2 Å². The summed E-state index contributed by atoms with van der Waals surface area (Å²) < 4.78 is 10.6. The lowest BCUT2D eigenvalue weighted by atomic mass is 9.96. The summed E-state index contributed by atoms with van der Waals surface area (Å²) >= 11 is 0. The van der Waals surface area contributed by atoms with E-state index in [0.29, 0.717) is 30.9 Å². The zero-order valence-electron chi connectivity index (χ0n) is 18.3. The Balaban J connectivity index is 1.60. The van der Waals surface area contributed by atoms with Crippen LogP contribution in [0.15, 0.2) is 42.5 Å². The lowest BCUT2D eigenvalue weighted by molar-refractivity contribution is -0.142. The van der Waals surface area contributed by atoms with Crippen LogP contribution in [0.3, 0.4) is 0 Å². The first-order valence-electron chi connectivity index (χ1n) is 10.4. The molecule has 0 aromatic heterocycles. The van der Waals surface area contributed by atoms with E-state index < -0.39 is 5.97 Å². The summed E-state index contributed by atoms with van der Waals surface area (Å²) in [7, 11) is 4.96. The van der Waals surface area contributed by atoms with Crippen molar-refractivity contribution in [1.82, 2.24) is 4.90 Å². The fourth-order valence-corrected chi connectivity index (χ4v) is 3.90. The monoisotopic (exact) mass is 426 g/mol. The van der Waals surface area contributed by atoms with Crippen LogP contribution in [0.4, 0.5) is 5.69 Å². The maximum absolute atomic E-state index is 12.7. The van der Waals surface area contributed by atoms with Gasteiger partial charge in [0.2, 0.25) is 5.91 Å². The van der Waals surface area contributed by atoms with Gasteiger partial charge in [-0.25, -0.2) is 0 Å². The van der Waals surface area contributed by atoms with Crippen LogP contribution in [0.5, 0.6) is 11.5 Å². The van der Waals surface area contributed by atoms with Gasteiger partial charge in [0, 0.05) is 32.4 Å². The van der Waals surface area contributed by atoms with Crippen LogP contribution in [0.1, 0.15) is 24.0 Å². The van der Waals surface area contributed by atoms with E-state index in [0.717, 1.165) is 29.9 Å². The minimum Gasteiger partial charge on any atom is -0.493 e. The highest BCUT2D eigenvalue weighted by Crippen LogP contribution is 2.28. The molecule has 166 valence electrons. The molecule has 2 aromatic carbocycles. The zero-order chi connectivity index (χ0) is 22.4. The Bertz CT molecular complexity index is 922. The van der Waals surface area contributed by atoms with Gasteiger partial charge in [0.1, 0.15) is 0 Å². The summed E-state index contributed by atoms with van der Waals surface area (Å²) in [6.45, 7) is 1.97. The van der Waals surface area contributed by atoms with Gasteiger partial charge >= 0.3 is 5.97 Å². The van der Waals surface area contributed by atoms with Crippen molar-refractivity contribution in [2.24, 2.45) is 5.92 Å². The van der Waals surface area contributed by atoms with Gasteiger partial charge in [-0.3, -0.25) is 9.59 Å². The fourth-order valence-electron chi connectivity index (χ4n) is 3.90. The van der Waals surface area contributed by atoms with Crippen LogP contribution >= 0.6 is 0 Å². The SMILES string of the molecule is COc1ccc(CC(=O)N(C)Cc2cccc(N3CCC(C(=O)O)CC3)c2)cc1OC. The molecular weight excluding hydrogens is 396 g/mol. The number of hydrogen-bond acceptors (Lipinski definition) is 5. The smallest absolute Gasteiger partial charge is 0.306 e. The number of amides is 1. The van der Waals surface area contributed by atoms with Crippen molar-refractivity contribution >= 4 is 17.6 Å². The average molecular weight is 427 g/mol. The number of ether oxygens (including phenoxy) is 2. The highest BCUT2D eigenvalue weighted by atomic mass is 16.5. The van der Waals surface area contributed by atoms with Crippen molar-refractivity contribution in [3.8, 4) is 11.5 Å². The number of methoxy groups -OCH3 is 2. The van der Waals surface area contributed by atoms with E-state index in [4.69, 9.17) is 9.47 Å². The van der Waals surface area contributed by atoms with Crippen molar-refractivity contribution in [3.05, 3.63) is 53.6 Å². The van der Waals surface area contributed by atoms with Gasteiger partial charge in [-0.2, -0.15) is 0 Å². The van der Waals surface area contributed by atoms with Crippen molar-refractivity contribution in [3.63, 3.8) is 0 Å². The fraction of sp³-hybridized carbons (Fsp3) is 0.417. The summed E-state index contributed by atoms with van der Waals surface area (Å²) in [5.41, 5.74) is 2.98. The molecule has 1 aliphatic heterocycles. The van der Waals surface area contributed by atoms with E-state index in [1.807, 2.05) is 30.3 Å². The van der Waals surface area contributed by atoms with Gasteiger partial charge < -0.3 is 24.4 Å². The van der Waals surface area contributed by atoms with Gasteiger partial charge in [-0.1, -0.05) is 18.2 Å². The second-order valence-corrected chi connectivity index (χ2v) is 7.89. The minimum atomic E-state index is -0.706. The molecule has 1 heterocycles. The number of hydrogen-bond donors (Lipinski definition) is 1. The second-order valence-electron chi connectivity index (χ2n) is 7.89. The first kappa shape index (κ1) is 22.5. The zero-order valence-corrected chi connectivity index (χ0v) is 18.3. The lowest BCUT2D eigenvalue weighted by Gasteiger charge is -2.32. The third-order valence-electron chi connectivity index (χ3n) is 5.77. The Morgan fingerprint density at radius 3 is 2.39 bits per heavy atom. The van der Waals surface area contributed by atoms with Gasteiger partial charge in [-0.15, -0.1) is 0 Å². The maximum Gasteiger partial charge on any atom is 0.306 e. The van der Waals surface area contributed by atoms with E-state index in [1.54, 1.807) is 32.2 Å². The molecule has 0 saturated carbocycles. The van der Waals surface area contributed by atoms with Crippen LogP contribution in [0.2, 0.25) is 0 Å². The third kappa shape index (κ3) is 5.69. The molecule has 0 bridgehead atoms. The van der Waals surface area contributed by atoms with Crippen LogP contribution in [-0.2, 0) is 22.6 Å². The van der Waals surface area contributed by atoms with Crippen molar-refractivity contribution < 1.29 is 24.2 Å². The molecule has 7 nitrogen and oxygen atoms in total. The second kappa shape index (κ2) is 10.2. The minimum absolute atomic E-state index is 0.0138. The number of nitrogens with zero attached hydrogens (tertiary/aromatic N) is 2. The van der Waals surface area contributed by atoms with Gasteiger partial charge in [0.15, 0.2) is 11.5 Å². The van der Waals surface area contributed by atoms with E-state index in [1.165, 1.54) is 0 Å². The Labute approximate surface area is 183 Å². The first-order valence-corrected chi connectivity index (χ1v) is 10.4. The molecule has 1 N–H and O–H groups in total. The molecule has 31 heavy (non-hydrogen) atoms. The number of carbonyl (C=O) groups excluding carboxylic acids is 1. The first-order chi connectivity index (χ1) is 14.9. The van der Waals surface area contributed by atoms with Crippen molar-refractivity contribution in [1.29, 1.82) is 0 Å². The largest absolute Gasteiger partial charge is 0.493 e. The van der Waals surface area contributed by atoms with Crippen LogP contribution < -0.4 is 14.4 Å². The number of rotatable bonds is 8. The van der Waals surface area contributed by atoms with Crippen LogP contribution in [0, 0.1) is 5.92 Å². The van der Waals surface area contributed by atoms with E-state index in [-0.39, 0.29) is 18.2 Å². The molecular formula is C24H30N2O5. The summed E-state index contributed by atoms with van der Waals surface area (Å²) in [5, 5.41) is 9.18. The molecule has 1 aliphatic rings. The van der Waals surface area contributed by atoms with Gasteiger partial charge in [0.05, 0.1) is 26.6 Å². The Morgan fingerprint density at radius 2 is 1.74 bits per heavy atom. The number of aliphatic carboxylic acids is 1. The summed E-state index contributed by atoms with van der Waals surface area (Å²) in [6.07, 6.45) is 1.59. The quantitative estimate of drug-likeness (QED) is 0.698. The number of carboxylic acid groups (broad SMARTS) is 1. The average Bonchev–Trinajstić information content (AvgIpc) is 2.79. The molecule has 1 fully saturated rings. The number of benzene rings is 2. The molecule has 0 spiro atoms. The van der Waals surface area contributed by atoms with Gasteiger partial charge in [-0.05, 0) is 48.2 Å². The predicted molar refractivity (Wildman–Crippen MR) is 119 cm³/mol. The number of carbonyl (C=O) groups is 2. The molecule has 7 heteroatoms. The molecule has 0 aliphatic carbocycles. The number of likely N-dealkylation sites (N-methyl/N-ethyl adjacent to an activating group) is 1. The number of anilines is 1. The van der Waals surface area contributed by atoms with E-state index in [2.05, 4.69) is 11.0 Å². The Morgan fingerprint density at radius 1 is 1.03 bits per heavy atom. The predicted octanol–water partition coefficient (Wildman–Crippen LogP) is 3.21. The third-order valence-corrected chi connectivity index (χ3v) is 5.77. The van der Waals surface area contributed by atoms with E-state index in [9.17, 15) is 14.7 Å². The summed E-state index contributed by atoms with van der Waals surface area (Å²) in [4.78, 5) is 27.8. The summed E-state index contributed by atoms with van der Waals surface area (Å²) in [6, 6.07) is 13.6. The number of carboxylic acids is 1. The highest BCUT2D eigenvalue weighted by Gasteiger charge is 2.24. The van der Waals surface area contributed by atoms with Crippen LogP contribution in [0.25, 0.3) is 0 Å². The Kier molecular flexibility index (Phi) is 7.39. The maximum atomic E-state index is 12.7. The lowest BCUT2D eigenvalue weighted by Crippen LogP contribution is -2.36. The normalized spacial score (nSPS) is 14.2. The summed E-state index contributed by atoms with van der Waals surface area (Å²) in [5.74, 6) is 0.300. The van der Waals surface area contributed by atoms with Crippen molar-refractivity contribution in [2.45, 2.75) is 25.8 Å². The number of piperidine rings is 1. The van der Waals surface area contributed by atoms with Gasteiger partial charge in [0.25, 0.3) is 0 Å². The highest BCUT2D eigenvalue weighted by molar-refractivity contribution is 5.78. The van der Waals surface area contributed by atoms with Crippen molar-refractivity contribution in [2.75, 3.05) is 39.3 Å². The molecule has 0 atom stereocenters. The molecule has 0 radical (unpaired) electrons. The van der Waals surface area contributed by atoms with E-state index >= 15 is 0 Å². The molecule has 2 aromatic rings. The molecule has 1 amide bonds. The molecule has 1 saturated heterocycles. The molecule has 0 unspecified atom stereocenters. The topological polar surface area (TPSA) is 79.3 Å². The standard InChI is InChI=1S/C24H30N2O5/c1-25(23(27)15-17-7-8-21(30-2)22(14-17)31-3)16-18-5-4-6-20(13-18)26-11-9-19(10-12-26)24(28)29/h4-8,13-14,19H,9-12,15-16H2,1-3H3,(H,28,29). The molecule has 3 rings (SSSR count).